The number of nitrogens with one attached hydrogen (secondary N) is 1. The maximum absolute atomic E-state index is 12.3. The predicted molar refractivity (Wildman–Crippen MR) is 99.8 cm³/mol. The van der Waals surface area contributed by atoms with Crippen molar-refractivity contribution in [2.24, 2.45) is 7.05 Å². The molecule has 0 spiro atoms. The first-order valence-electron chi connectivity index (χ1n) is 6.79. The van der Waals surface area contributed by atoms with E-state index in [4.69, 9.17) is 23.2 Å². The maximum atomic E-state index is 12.3. The molecule has 0 amide bonds. The Morgan fingerprint density at radius 2 is 1.88 bits per heavy atom. The Labute approximate surface area is 152 Å². The number of hydrogen-bond donors (Lipinski definition) is 1. The van der Waals surface area contributed by atoms with Crippen molar-refractivity contribution in [2.75, 3.05) is 4.72 Å². The second-order valence-corrected chi connectivity index (χ2v) is 8.75. The van der Waals surface area contributed by atoms with Crippen molar-refractivity contribution < 1.29 is 8.42 Å². The number of nitrogens with zero attached hydrogens (tertiary/aromatic N) is 1. The van der Waals surface area contributed by atoms with Crippen LogP contribution in [0.1, 0.15) is 5.56 Å². The fourth-order valence-electron chi connectivity index (χ4n) is 2.26. The smallest absolute Gasteiger partial charge is 0.302 e. The van der Waals surface area contributed by atoms with Crippen LogP contribution in [-0.4, -0.2) is 13.0 Å². The van der Waals surface area contributed by atoms with Crippen LogP contribution in [0.4, 0.5) is 5.69 Å². The van der Waals surface area contributed by atoms with Crippen molar-refractivity contribution in [3.63, 3.8) is 0 Å². The van der Waals surface area contributed by atoms with Crippen LogP contribution in [0.3, 0.4) is 0 Å². The monoisotopic (exact) mass is 402 g/mol. The molecule has 0 unspecified atom stereocenters. The van der Waals surface area contributed by atoms with E-state index in [0.29, 0.717) is 21.3 Å². The molecule has 3 rings (SSSR count). The van der Waals surface area contributed by atoms with Gasteiger partial charge in [-0.3, -0.25) is 9.52 Å². The number of fused-ring (bicyclic) bond motifs is 1. The summed E-state index contributed by atoms with van der Waals surface area (Å²) in [6, 6.07) is 9.68. The summed E-state index contributed by atoms with van der Waals surface area (Å²) in [5.74, 6) is -0.229. The standard InChI is InChI=1S/C15H12Cl2N2O3S2/c1-19-13-5-3-10(7-14(13)23-15(19)20)18-24(21,22)8-9-2-4-11(16)12(17)6-9/h2-7,18H,8H2,1H3. The Morgan fingerprint density at radius 1 is 1.12 bits per heavy atom. The number of hydrogen-bond acceptors (Lipinski definition) is 4. The lowest BCUT2D eigenvalue weighted by Crippen LogP contribution is -2.15. The molecule has 9 heteroatoms. The summed E-state index contributed by atoms with van der Waals surface area (Å²) < 4.78 is 29.4. The average molecular weight is 403 g/mol. The van der Waals surface area contributed by atoms with Crippen molar-refractivity contribution >= 4 is 60.5 Å². The summed E-state index contributed by atoms with van der Waals surface area (Å²) in [5, 5.41) is 0.676. The summed E-state index contributed by atoms with van der Waals surface area (Å²) in [4.78, 5) is 11.6. The first kappa shape index (κ1) is 17.3. The molecular weight excluding hydrogens is 391 g/mol. The van der Waals surface area contributed by atoms with E-state index in [0.717, 1.165) is 21.6 Å². The first-order chi connectivity index (χ1) is 11.2. The zero-order chi connectivity index (χ0) is 17.5. The summed E-state index contributed by atoms with van der Waals surface area (Å²) >= 11 is 12.8. The highest BCUT2D eigenvalue weighted by Gasteiger charge is 2.14. The topological polar surface area (TPSA) is 68.2 Å². The van der Waals surface area contributed by atoms with Crippen molar-refractivity contribution in [1.82, 2.24) is 4.57 Å². The molecule has 0 saturated heterocycles. The number of benzene rings is 2. The molecule has 5 nitrogen and oxygen atoms in total. The first-order valence-corrected chi connectivity index (χ1v) is 10.0. The van der Waals surface area contributed by atoms with Crippen LogP contribution in [0.5, 0.6) is 0 Å². The molecular formula is C15H12Cl2N2O3S2. The molecule has 0 aliphatic carbocycles. The minimum atomic E-state index is -3.62. The molecule has 3 aromatic rings. The van der Waals surface area contributed by atoms with Gasteiger partial charge in [-0.25, -0.2) is 8.42 Å². The lowest BCUT2D eigenvalue weighted by Gasteiger charge is -2.09. The SMILES string of the molecule is Cn1c(=O)sc2cc(NS(=O)(=O)Cc3ccc(Cl)c(Cl)c3)ccc21. The van der Waals surface area contributed by atoms with Crippen molar-refractivity contribution in [1.29, 1.82) is 0 Å². The summed E-state index contributed by atoms with van der Waals surface area (Å²) in [7, 11) is -1.95. The van der Waals surface area contributed by atoms with Crippen LogP contribution >= 0.6 is 34.5 Å². The Morgan fingerprint density at radius 3 is 2.58 bits per heavy atom. The van der Waals surface area contributed by atoms with Crippen LogP contribution in [0.25, 0.3) is 10.2 Å². The average Bonchev–Trinajstić information content (AvgIpc) is 2.77. The zero-order valence-corrected chi connectivity index (χ0v) is 15.6. The third-order valence-electron chi connectivity index (χ3n) is 3.41. The highest BCUT2D eigenvalue weighted by atomic mass is 35.5. The predicted octanol–water partition coefficient (Wildman–Crippen LogP) is 3.85. The molecule has 0 aliphatic heterocycles. The molecule has 0 saturated carbocycles. The maximum Gasteiger partial charge on any atom is 0.307 e. The van der Waals surface area contributed by atoms with Gasteiger partial charge >= 0.3 is 4.87 Å². The van der Waals surface area contributed by atoms with Gasteiger partial charge in [0.05, 0.1) is 31.7 Å². The largest absolute Gasteiger partial charge is 0.307 e. The van der Waals surface area contributed by atoms with Crippen LogP contribution < -0.4 is 9.60 Å². The molecule has 0 atom stereocenters. The fourth-order valence-corrected chi connectivity index (χ4v) is 4.68. The van der Waals surface area contributed by atoms with Gasteiger partial charge in [0, 0.05) is 7.05 Å². The van der Waals surface area contributed by atoms with E-state index in [1.165, 1.54) is 10.6 Å². The van der Waals surface area contributed by atoms with E-state index in [-0.39, 0.29) is 10.6 Å². The van der Waals surface area contributed by atoms with Gasteiger partial charge in [-0.1, -0.05) is 40.6 Å². The van der Waals surface area contributed by atoms with Crippen molar-refractivity contribution in [3.8, 4) is 0 Å². The Bertz CT molecular complexity index is 1090. The number of aromatic nitrogens is 1. The number of anilines is 1. The third kappa shape index (κ3) is 3.59. The van der Waals surface area contributed by atoms with Gasteiger partial charge in [0.25, 0.3) is 0 Å². The molecule has 24 heavy (non-hydrogen) atoms. The van der Waals surface area contributed by atoms with Crippen molar-refractivity contribution in [2.45, 2.75) is 5.75 Å². The highest BCUT2D eigenvalue weighted by molar-refractivity contribution is 7.91. The summed E-state index contributed by atoms with van der Waals surface area (Å²) in [5.41, 5.74) is 1.70. The summed E-state index contributed by atoms with van der Waals surface area (Å²) in [6.45, 7) is 0. The molecule has 1 N–H and O–H groups in total. The molecule has 0 radical (unpaired) electrons. The fraction of sp³-hybridized carbons (Fsp3) is 0.133. The Kier molecular flexibility index (Phi) is 4.61. The molecule has 1 heterocycles. The zero-order valence-electron chi connectivity index (χ0n) is 12.4. The van der Waals surface area contributed by atoms with Crippen LogP contribution in [-0.2, 0) is 22.8 Å². The van der Waals surface area contributed by atoms with E-state index in [1.807, 2.05) is 0 Å². The summed E-state index contributed by atoms with van der Waals surface area (Å²) in [6.07, 6.45) is 0. The highest BCUT2D eigenvalue weighted by Crippen LogP contribution is 2.25. The van der Waals surface area contributed by atoms with E-state index in [2.05, 4.69) is 4.72 Å². The molecule has 0 fully saturated rings. The molecule has 0 aliphatic rings. The second kappa shape index (κ2) is 6.40. The van der Waals surface area contributed by atoms with E-state index < -0.39 is 10.0 Å². The van der Waals surface area contributed by atoms with Gasteiger partial charge in [0.15, 0.2) is 0 Å². The Hall–Kier alpha value is -1.54. The second-order valence-electron chi connectivity index (χ2n) is 5.22. The van der Waals surface area contributed by atoms with E-state index >= 15 is 0 Å². The lowest BCUT2D eigenvalue weighted by molar-refractivity contribution is 0.600. The Balaban J connectivity index is 1.86. The minimum Gasteiger partial charge on any atom is -0.302 e. The van der Waals surface area contributed by atoms with E-state index in [1.54, 1.807) is 37.4 Å². The third-order valence-corrected chi connectivity index (χ3v) is 6.40. The quantitative estimate of drug-likeness (QED) is 0.720. The molecule has 1 aromatic heterocycles. The van der Waals surface area contributed by atoms with Gasteiger partial charge in [0.2, 0.25) is 10.0 Å². The number of aryl methyl sites for hydroxylation is 1. The minimum absolute atomic E-state index is 0.0965. The normalized spacial score (nSPS) is 11.8. The van der Waals surface area contributed by atoms with E-state index in [9.17, 15) is 13.2 Å². The molecule has 126 valence electrons. The molecule has 0 bridgehead atoms. The number of halogens is 2. The van der Waals surface area contributed by atoms with Crippen LogP contribution in [0, 0.1) is 0 Å². The van der Waals surface area contributed by atoms with Crippen LogP contribution in [0.15, 0.2) is 41.2 Å². The number of rotatable bonds is 4. The van der Waals surface area contributed by atoms with Gasteiger partial charge in [-0.2, -0.15) is 0 Å². The number of sulfonamides is 1. The van der Waals surface area contributed by atoms with Gasteiger partial charge in [0.1, 0.15) is 0 Å². The van der Waals surface area contributed by atoms with Crippen molar-refractivity contribution in [3.05, 3.63) is 61.7 Å². The van der Waals surface area contributed by atoms with Gasteiger partial charge < -0.3 is 4.57 Å². The lowest BCUT2D eigenvalue weighted by atomic mass is 10.2. The number of thiazole rings is 1. The molecule has 2 aromatic carbocycles. The van der Waals surface area contributed by atoms with Gasteiger partial charge in [-0.15, -0.1) is 0 Å². The van der Waals surface area contributed by atoms with Gasteiger partial charge in [-0.05, 0) is 35.9 Å². The van der Waals surface area contributed by atoms with Crippen LogP contribution in [0.2, 0.25) is 10.0 Å².